The largest absolute Gasteiger partial charge is 0.348 e. The van der Waals surface area contributed by atoms with Gasteiger partial charge < -0.3 is 10.6 Å². The van der Waals surface area contributed by atoms with Crippen LogP contribution < -0.4 is 10.6 Å². The van der Waals surface area contributed by atoms with Crippen molar-refractivity contribution in [2.45, 2.75) is 25.9 Å². The number of nitrogens with zero attached hydrogens (tertiary/aromatic N) is 1. The predicted octanol–water partition coefficient (Wildman–Crippen LogP) is 1.38. The molecule has 0 fully saturated rings. The van der Waals surface area contributed by atoms with E-state index in [1.54, 1.807) is 33.0 Å². The molecular formula is C12H17N3O3. The standard InChI is InChI=1S/C12H17N3O3/c1-8(14-12(16)9(2)13-3)10-5-4-6-11(7-10)15(17)18/h4-9,13H,1-3H3,(H,14,16). The molecule has 0 bridgehead atoms. The molecule has 2 N–H and O–H groups in total. The number of carbonyl (C=O) groups is 1. The maximum absolute atomic E-state index is 11.7. The lowest BCUT2D eigenvalue weighted by molar-refractivity contribution is -0.384. The van der Waals surface area contributed by atoms with Crippen LogP contribution in [-0.2, 0) is 4.79 Å². The topological polar surface area (TPSA) is 84.3 Å². The third kappa shape index (κ3) is 3.53. The number of nitro benzene ring substituents is 1. The molecular weight excluding hydrogens is 234 g/mol. The Balaban J connectivity index is 2.78. The first-order valence-electron chi connectivity index (χ1n) is 5.67. The molecule has 6 heteroatoms. The van der Waals surface area contributed by atoms with Crippen LogP contribution in [0.1, 0.15) is 25.5 Å². The highest BCUT2D eigenvalue weighted by Crippen LogP contribution is 2.18. The number of nitrogens with one attached hydrogen (secondary N) is 2. The molecule has 1 rings (SSSR count). The van der Waals surface area contributed by atoms with Crippen LogP contribution >= 0.6 is 0 Å². The zero-order chi connectivity index (χ0) is 13.7. The molecule has 1 aromatic rings. The quantitative estimate of drug-likeness (QED) is 0.611. The molecule has 0 radical (unpaired) electrons. The highest BCUT2D eigenvalue weighted by molar-refractivity contribution is 5.81. The molecule has 18 heavy (non-hydrogen) atoms. The molecule has 0 heterocycles. The number of nitro groups is 1. The van der Waals surface area contributed by atoms with E-state index in [1.165, 1.54) is 12.1 Å². The van der Waals surface area contributed by atoms with Crippen molar-refractivity contribution in [1.29, 1.82) is 0 Å². The highest BCUT2D eigenvalue weighted by atomic mass is 16.6. The van der Waals surface area contributed by atoms with Gasteiger partial charge in [0, 0.05) is 12.1 Å². The second-order valence-corrected chi connectivity index (χ2v) is 4.09. The monoisotopic (exact) mass is 251 g/mol. The van der Waals surface area contributed by atoms with Crippen molar-refractivity contribution >= 4 is 11.6 Å². The van der Waals surface area contributed by atoms with E-state index in [-0.39, 0.29) is 23.7 Å². The van der Waals surface area contributed by atoms with Crippen molar-refractivity contribution < 1.29 is 9.72 Å². The lowest BCUT2D eigenvalue weighted by atomic mass is 10.1. The van der Waals surface area contributed by atoms with Gasteiger partial charge in [-0.3, -0.25) is 14.9 Å². The fourth-order valence-corrected chi connectivity index (χ4v) is 1.46. The minimum Gasteiger partial charge on any atom is -0.348 e. The van der Waals surface area contributed by atoms with Gasteiger partial charge in [0.15, 0.2) is 0 Å². The molecule has 0 aliphatic carbocycles. The summed E-state index contributed by atoms with van der Waals surface area (Å²) in [6, 6.07) is 5.68. The van der Waals surface area contributed by atoms with Crippen LogP contribution in [-0.4, -0.2) is 23.9 Å². The van der Waals surface area contributed by atoms with E-state index in [9.17, 15) is 14.9 Å². The third-order valence-corrected chi connectivity index (χ3v) is 2.77. The van der Waals surface area contributed by atoms with Gasteiger partial charge in [-0.15, -0.1) is 0 Å². The summed E-state index contributed by atoms with van der Waals surface area (Å²) >= 11 is 0. The average Bonchev–Trinajstić information content (AvgIpc) is 2.37. The van der Waals surface area contributed by atoms with Crippen molar-refractivity contribution in [3.63, 3.8) is 0 Å². The van der Waals surface area contributed by atoms with Crippen molar-refractivity contribution in [2.24, 2.45) is 0 Å². The van der Waals surface area contributed by atoms with Gasteiger partial charge in [0.25, 0.3) is 5.69 Å². The molecule has 1 amide bonds. The Morgan fingerprint density at radius 3 is 2.61 bits per heavy atom. The zero-order valence-electron chi connectivity index (χ0n) is 10.6. The number of amides is 1. The van der Waals surface area contributed by atoms with Gasteiger partial charge in [-0.25, -0.2) is 0 Å². The van der Waals surface area contributed by atoms with Crippen LogP contribution in [0.25, 0.3) is 0 Å². The van der Waals surface area contributed by atoms with Crippen LogP contribution in [0.2, 0.25) is 0 Å². The van der Waals surface area contributed by atoms with E-state index in [0.717, 1.165) is 0 Å². The minimum absolute atomic E-state index is 0.0234. The van der Waals surface area contributed by atoms with Gasteiger partial charge >= 0.3 is 0 Å². The smallest absolute Gasteiger partial charge is 0.269 e. The Hall–Kier alpha value is -1.95. The summed E-state index contributed by atoms with van der Waals surface area (Å²) in [5.74, 6) is -0.142. The van der Waals surface area contributed by atoms with Gasteiger partial charge in [-0.1, -0.05) is 12.1 Å². The lowest BCUT2D eigenvalue weighted by Crippen LogP contribution is -2.41. The summed E-state index contributed by atoms with van der Waals surface area (Å²) in [5.41, 5.74) is 0.733. The van der Waals surface area contributed by atoms with Crippen LogP contribution in [0.3, 0.4) is 0 Å². The zero-order valence-corrected chi connectivity index (χ0v) is 10.6. The van der Waals surface area contributed by atoms with Gasteiger partial charge in [0.1, 0.15) is 0 Å². The van der Waals surface area contributed by atoms with Gasteiger partial charge in [-0.05, 0) is 26.5 Å². The van der Waals surface area contributed by atoms with E-state index in [4.69, 9.17) is 0 Å². The van der Waals surface area contributed by atoms with E-state index in [2.05, 4.69) is 10.6 Å². The number of rotatable bonds is 5. The minimum atomic E-state index is -0.450. The van der Waals surface area contributed by atoms with Gasteiger partial charge in [-0.2, -0.15) is 0 Å². The molecule has 0 aliphatic rings. The molecule has 0 spiro atoms. The number of carbonyl (C=O) groups excluding carboxylic acids is 1. The highest BCUT2D eigenvalue weighted by Gasteiger charge is 2.16. The van der Waals surface area contributed by atoms with E-state index in [0.29, 0.717) is 5.56 Å². The summed E-state index contributed by atoms with van der Waals surface area (Å²) in [5, 5.41) is 16.3. The van der Waals surface area contributed by atoms with Crippen molar-refractivity contribution in [3.05, 3.63) is 39.9 Å². The molecule has 0 saturated heterocycles. The molecule has 98 valence electrons. The normalized spacial score (nSPS) is 13.7. The number of non-ortho nitro benzene ring substituents is 1. The first-order chi connectivity index (χ1) is 8.45. The van der Waals surface area contributed by atoms with Crippen LogP contribution in [0.15, 0.2) is 24.3 Å². The molecule has 2 unspecified atom stereocenters. The Labute approximate surface area is 106 Å². The maximum Gasteiger partial charge on any atom is 0.269 e. The lowest BCUT2D eigenvalue weighted by Gasteiger charge is -2.17. The van der Waals surface area contributed by atoms with Crippen LogP contribution in [0, 0.1) is 10.1 Å². The van der Waals surface area contributed by atoms with Gasteiger partial charge in [0.2, 0.25) is 5.91 Å². The molecule has 1 aromatic carbocycles. The number of benzene rings is 1. The predicted molar refractivity (Wildman–Crippen MR) is 68.2 cm³/mol. The summed E-state index contributed by atoms with van der Waals surface area (Å²) < 4.78 is 0. The summed E-state index contributed by atoms with van der Waals surface area (Å²) in [7, 11) is 1.70. The Morgan fingerprint density at radius 1 is 1.39 bits per heavy atom. The summed E-state index contributed by atoms with van der Waals surface area (Å²) in [6.45, 7) is 3.54. The molecule has 6 nitrogen and oxygen atoms in total. The SMILES string of the molecule is CNC(C)C(=O)NC(C)c1cccc([N+](=O)[O-])c1. The maximum atomic E-state index is 11.7. The molecule has 0 aliphatic heterocycles. The van der Waals surface area contributed by atoms with Gasteiger partial charge in [0.05, 0.1) is 17.0 Å². The Morgan fingerprint density at radius 2 is 2.06 bits per heavy atom. The average molecular weight is 251 g/mol. The second kappa shape index (κ2) is 6.11. The van der Waals surface area contributed by atoms with Crippen LogP contribution in [0.4, 0.5) is 5.69 Å². The van der Waals surface area contributed by atoms with E-state index >= 15 is 0 Å². The molecule has 2 atom stereocenters. The number of likely N-dealkylation sites (N-methyl/N-ethyl adjacent to an activating group) is 1. The van der Waals surface area contributed by atoms with Crippen LogP contribution in [0.5, 0.6) is 0 Å². The molecule has 0 aromatic heterocycles. The van der Waals surface area contributed by atoms with Crippen molar-refractivity contribution in [1.82, 2.24) is 10.6 Å². The van der Waals surface area contributed by atoms with Crippen molar-refractivity contribution in [2.75, 3.05) is 7.05 Å². The first-order valence-corrected chi connectivity index (χ1v) is 5.67. The fraction of sp³-hybridized carbons (Fsp3) is 0.417. The van der Waals surface area contributed by atoms with E-state index in [1.807, 2.05) is 0 Å². The third-order valence-electron chi connectivity index (χ3n) is 2.77. The summed E-state index contributed by atoms with van der Waals surface area (Å²) in [4.78, 5) is 21.9. The second-order valence-electron chi connectivity index (χ2n) is 4.09. The summed E-state index contributed by atoms with van der Waals surface area (Å²) in [6.07, 6.45) is 0. The van der Waals surface area contributed by atoms with E-state index < -0.39 is 4.92 Å². The first kappa shape index (κ1) is 14.1. The number of hydrogen-bond donors (Lipinski definition) is 2. The Bertz CT molecular complexity index is 448. The molecule has 0 saturated carbocycles. The van der Waals surface area contributed by atoms with Crippen molar-refractivity contribution in [3.8, 4) is 0 Å². The Kier molecular flexibility index (Phi) is 4.79. The number of hydrogen-bond acceptors (Lipinski definition) is 4. The fourth-order valence-electron chi connectivity index (χ4n) is 1.46.